The molecule has 0 bridgehead atoms. The van der Waals surface area contributed by atoms with Crippen LogP contribution in [0.1, 0.15) is 16.1 Å². The van der Waals surface area contributed by atoms with Gasteiger partial charge >= 0.3 is 0 Å². The van der Waals surface area contributed by atoms with Crippen LogP contribution in [0.5, 0.6) is 0 Å². The number of nitrogens with zero attached hydrogens (tertiary/aromatic N) is 4. The number of thioether (sulfide) groups is 1. The number of allylic oxidation sites excluding steroid dienone is 1. The van der Waals surface area contributed by atoms with Crippen LogP contribution in [0.3, 0.4) is 0 Å². The van der Waals surface area contributed by atoms with Crippen LogP contribution in [0.25, 0.3) is 10.2 Å². The van der Waals surface area contributed by atoms with E-state index in [1.165, 1.54) is 11.8 Å². The maximum Gasteiger partial charge on any atom is 0.263 e. The number of rotatable bonds is 5. The molecule has 0 aromatic carbocycles. The summed E-state index contributed by atoms with van der Waals surface area (Å²) >= 11 is 10.2. The van der Waals surface area contributed by atoms with Crippen molar-refractivity contribution in [2.45, 2.75) is 31.3 Å². The Kier molecular flexibility index (Phi) is 4.86. The highest BCUT2D eigenvalue weighted by Crippen LogP contribution is 2.30. The van der Waals surface area contributed by atoms with Gasteiger partial charge in [-0.05, 0) is 19.4 Å². The molecule has 3 rings (SSSR count). The number of halogens is 1. The molecule has 3 aromatic rings. The normalized spacial score (nSPS) is 11.3. The molecule has 0 unspecified atom stereocenters. The van der Waals surface area contributed by atoms with Crippen LogP contribution in [0, 0.1) is 13.8 Å². The average Bonchev–Trinajstić information content (AvgIpc) is 3.04. The van der Waals surface area contributed by atoms with E-state index in [4.69, 9.17) is 11.6 Å². The topological polar surface area (TPSA) is 60.7 Å². The van der Waals surface area contributed by atoms with Crippen molar-refractivity contribution >= 4 is 56.4 Å². The van der Waals surface area contributed by atoms with Gasteiger partial charge in [-0.25, -0.2) is 4.98 Å². The van der Waals surface area contributed by atoms with Gasteiger partial charge in [-0.3, -0.25) is 9.36 Å². The largest absolute Gasteiger partial charge is 0.283 e. The van der Waals surface area contributed by atoms with E-state index in [9.17, 15) is 4.79 Å². The van der Waals surface area contributed by atoms with Crippen LogP contribution >= 0.6 is 46.2 Å². The molecule has 3 heterocycles. The summed E-state index contributed by atoms with van der Waals surface area (Å²) in [5, 5.41) is 5.34. The van der Waals surface area contributed by atoms with Crippen molar-refractivity contribution < 1.29 is 0 Å². The smallest absolute Gasteiger partial charge is 0.263 e. The number of aryl methyl sites for hydroxylation is 2. The van der Waals surface area contributed by atoms with Crippen molar-refractivity contribution in [1.82, 2.24) is 19.1 Å². The molecule has 9 heteroatoms. The molecule has 23 heavy (non-hydrogen) atoms. The van der Waals surface area contributed by atoms with E-state index in [2.05, 4.69) is 21.1 Å². The Morgan fingerprint density at radius 1 is 1.43 bits per heavy atom. The molecule has 0 spiro atoms. The lowest BCUT2D eigenvalue weighted by Gasteiger charge is -2.09. The van der Waals surface area contributed by atoms with Crippen LogP contribution in [0.4, 0.5) is 0 Å². The maximum atomic E-state index is 12.8. The Hall–Kier alpha value is -1.22. The van der Waals surface area contributed by atoms with Crippen molar-refractivity contribution in [3.63, 3.8) is 0 Å². The first-order chi connectivity index (χ1) is 11.0. The minimum Gasteiger partial charge on any atom is -0.283 e. The SMILES string of the molecule is C=CCn1c(SCc2nnsc2Cl)nc2sc(C)c(C)c2c1=O. The molecule has 0 amide bonds. The number of fused-ring (bicyclic) bond motifs is 1. The number of hydrogen-bond acceptors (Lipinski definition) is 7. The Morgan fingerprint density at radius 2 is 2.22 bits per heavy atom. The fourth-order valence-corrected chi connectivity index (χ4v) is 4.94. The van der Waals surface area contributed by atoms with Gasteiger partial charge in [0.2, 0.25) is 0 Å². The molecule has 0 saturated heterocycles. The molecule has 0 aliphatic carbocycles. The fourth-order valence-electron chi connectivity index (χ4n) is 2.13. The number of aromatic nitrogens is 4. The second kappa shape index (κ2) is 6.72. The zero-order valence-corrected chi connectivity index (χ0v) is 15.7. The lowest BCUT2D eigenvalue weighted by molar-refractivity contribution is 0.672. The minimum absolute atomic E-state index is 0.0262. The van der Waals surface area contributed by atoms with Crippen molar-refractivity contribution in [2.75, 3.05) is 0 Å². The standard InChI is InChI=1S/C14H13ClN4OS3/c1-4-5-19-13(20)10-7(2)8(3)22-12(10)16-14(19)21-6-9-11(15)23-18-17-9/h4H,1,5-6H2,2-3H3. The van der Waals surface area contributed by atoms with Crippen molar-refractivity contribution in [2.24, 2.45) is 0 Å². The van der Waals surface area contributed by atoms with E-state index in [-0.39, 0.29) is 5.56 Å². The summed E-state index contributed by atoms with van der Waals surface area (Å²) in [5.74, 6) is 0.522. The Balaban J connectivity index is 2.07. The first-order valence-corrected chi connectivity index (χ1v) is 9.69. The summed E-state index contributed by atoms with van der Waals surface area (Å²) in [7, 11) is 0. The highest BCUT2D eigenvalue weighted by atomic mass is 35.5. The summed E-state index contributed by atoms with van der Waals surface area (Å²) in [6.07, 6.45) is 1.70. The highest BCUT2D eigenvalue weighted by molar-refractivity contribution is 7.98. The number of hydrogen-bond donors (Lipinski definition) is 0. The van der Waals surface area contributed by atoms with Crippen LogP contribution in [-0.2, 0) is 12.3 Å². The van der Waals surface area contributed by atoms with Crippen molar-refractivity contribution in [3.05, 3.63) is 43.5 Å². The van der Waals surface area contributed by atoms with Crippen molar-refractivity contribution in [1.29, 1.82) is 0 Å². The van der Waals surface area contributed by atoms with Crippen LogP contribution < -0.4 is 5.56 Å². The van der Waals surface area contributed by atoms with E-state index in [1.807, 2.05) is 13.8 Å². The lowest BCUT2D eigenvalue weighted by atomic mass is 10.2. The van der Waals surface area contributed by atoms with Gasteiger partial charge < -0.3 is 0 Å². The molecular weight excluding hydrogens is 372 g/mol. The monoisotopic (exact) mass is 384 g/mol. The first-order valence-electron chi connectivity index (χ1n) is 6.74. The third kappa shape index (κ3) is 3.08. The van der Waals surface area contributed by atoms with E-state index in [1.54, 1.807) is 22.0 Å². The lowest BCUT2D eigenvalue weighted by Crippen LogP contribution is -2.22. The first kappa shape index (κ1) is 16.6. The molecule has 3 aromatic heterocycles. The maximum absolute atomic E-state index is 12.8. The number of thiophene rings is 1. The van der Waals surface area contributed by atoms with Gasteiger partial charge in [0.1, 0.15) is 14.9 Å². The average molecular weight is 385 g/mol. The predicted octanol–water partition coefficient (Wildman–Crippen LogP) is 4.06. The second-order valence-corrected chi connectivity index (χ2v) is 8.35. The minimum atomic E-state index is -0.0262. The molecule has 0 atom stereocenters. The van der Waals surface area contributed by atoms with Gasteiger partial charge in [0.05, 0.1) is 5.39 Å². The Bertz CT molecular complexity index is 944. The van der Waals surface area contributed by atoms with E-state index >= 15 is 0 Å². The zero-order chi connectivity index (χ0) is 16.6. The summed E-state index contributed by atoms with van der Waals surface area (Å²) in [6.45, 7) is 8.12. The predicted molar refractivity (Wildman–Crippen MR) is 98.0 cm³/mol. The zero-order valence-electron chi connectivity index (χ0n) is 12.5. The molecule has 0 aliphatic heterocycles. The third-order valence-corrected chi connectivity index (χ3v) is 6.49. The quantitative estimate of drug-likeness (QED) is 0.377. The molecule has 120 valence electrons. The molecule has 5 nitrogen and oxygen atoms in total. The second-order valence-electron chi connectivity index (χ2n) is 4.84. The van der Waals surface area contributed by atoms with E-state index in [0.717, 1.165) is 26.8 Å². The van der Waals surface area contributed by atoms with Crippen LogP contribution in [0.2, 0.25) is 4.34 Å². The molecule has 0 saturated carbocycles. The van der Waals surface area contributed by atoms with Crippen LogP contribution in [0.15, 0.2) is 22.6 Å². The Morgan fingerprint density at radius 3 is 2.87 bits per heavy atom. The van der Waals surface area contributed by atoms with Gasteiger partial charge in [-0.15, -0.1) is 23.0 Å². The van der Waals surface area contributed by atoms with E-state index in [0.29, 0.717) is 32.9 Å². The van der Waals surface area contributed by atoms with Crippen molar-refractivity contribution in [3.8, 4) is 0 Å². The summed E-state index contributed by atoms with van der Waals surface area (Å²) in [4.78, 5) is 19.4. The molecule has 0 fully saturated rings. The van der Waals surface area contributed by atoms with Gasteiger partial charge in [-0.1, -0.05) is 33.9 Å². The van der Waals surface area contributed by atoms with Gasteiger partial charge in [0, 0.05) is 28.7 Å². The fraction of sp³-hybridized carbons (Fsp3) is 0.286. The van der Waals surface area contributed by atoms with Gasteiger partial charge in [-0.2, -0.15) is 0 Å². The highest BCUT2D eigenvalue weighted by Gasteiger charge is 2.17. The molecule has 0 aliphatic rings. The summed E-state index contributed by atoms with van der Waals surface area (Å²) < 4.78 is 6.03. The van der Waals surface area contributed by atoms with E-state index < -0.39 is 0 Å². The summed E-state index contributed by atoms with van der Waals surface area (Å²) in [6, 6.07) is 0. The van der Waals surface area contributed by atoms with Crippen LogP contribution in [-0.4, -0.2) is 19.1 Å². The summed E-state index contributed by atoms with van der Waals surface area (Å²) in [5.41, 5.74) is 1.69. The third-order valence-electron chi connectivity index (χ3n) is 3.41. The Labute approximate surface area is 150 Å². The molecular formula is C14H13ClN4OS3. The van der Waals surface area contributed by atoms with Gasteiger partial charge in [0.15, 0.2) is 5.16 Å². The van der Waals surface area contributed by atoms with Gasteiger partial charge in [0.25, 0.3) is 5.56 Å². The molecule has 0 radical (unpaired) electrons. The molecule has 0 N–H and O–H groups in total.